The molecule has 1 aromatic heterocycles. The highest BCUT2D eigenvalue weighted by atomic mass is 79.9. The molecule has 0 atom stereocenters. The van der Waals surface area contributed by atoms with Gasteiger partial charge >= 0.3 is 0 Å². The molecule has 1 heterocycles. The molecular formula is C20H24BrCl2N5O2S. The summed E-state index contributed by atoms with van der Waals surface area (Å²) in [5.74, 6) is 2.29. The van der Waals surface area contributed by atoms with Gasteiger partial charge in [0.2, 0.25) is 5.16 Å². The zero-order valence-corrected chi connectivity index (χ0v) is 21.2. The van der Waals surface area contributed by atoms with Gasteiger partial charge in [0, 0.05) is 30.9 Å². The fourth-order valence-corrected chi connectivity index (χ4v) is 4.13. The van der Waals surface area contributed by atoms with Crippen LogP contribution in [-0.4, -0.2) is 39.1 Å². The van der Waals surface area contributed by atoms with Crippen LogP contribution in [0.5, 0.6) is 11.5 Å². The van der Waals surface area contributed by atoms with Crippen molar-refractivity contribution in [3.8, 4) is 11.5 Å². The molecule has 0 saturated carbocycles. The number of nitrogens with one attached hydrogen (secondary N) is 1. The van der Waals surface area contributed by atoms with Crippen molar-refractivity contribution in [2.75, 3.05) is 18.9 Å². The minimum absolute atomic E-state index is 0. The number of aryl methyl sites for hydroxylation is 1. The molecule has 11 heteroatoms. The molecule has 7 nitrogen and oxygen atoms in total. The molecule has 0 spiro atoms. The number of hydrogen-bond donors (Lipinski definition) is 1. The number of rotatable bonds is 11. The fraction of sp³-hybridized carbons (Fsp3) is 0.350. The second-order valence-corrected chi connectivity index (χ2v) is 8.72. The Hall–Kier alpha value is -1.52. The van der Waals surface area contributed by atoms with E-state index in [2.05, 4.69) is 36.8 Å². The standard InChI is InChI=1S/C20H23BrClN5O2S.ClH/c1-3-28-18-11-15(12-23-8-9-30-20-24-25-26-27(20)2)10-17(21)19(18)29-13-14-4-6-16(22)7-5-14;/h4-7,10-11,23H,3,8-9,12-13H2,1-2H3;1H. The number of halogens is 3. The first-order chi connectivity index (χ1) is 14.6. The van der Waals surface area contributed by atoms with Crippen LogP contribution in [0.25, 0.3) is 0 Å². The number of thioether (sulfide) groups is 1. The number of hydrogen-bond acceptors (Lipinski definition) is 7. The third-order valence-corrected chi connectivity index (χ3v) is 5.94. The Morgan fingerprint density at radius 2 is 1.94 bits per heavy atom. The highest BCUT2D eigenvalue weighted by Gasteiger charge is 2.13. The summed E-state index contributed by atoms with van der Waals surface area (Å²) < 4.78 is 14.4. The summed E-state index contributed by atoms with van der Waals surface area (Å²) in [4.78, 5) is 0. The van der Waals surface area contributed by atoms with Gasteiger partial charge in [-0.3, -0.25) is 0 Å². The van der Waals surface area contributed by atoms with Gasteiger partial charge in [-0.15, -0.1) is 17.5 Å². The van der Waals surface area contributed by atoms with Crippen molar-refractivity contribution >= 4 is 51.7 Å². The van der Waals surface area contributed by atoms with E-state index < -0.39 is 0 Å². The lowest BCUT2D eigenvalue weighted by Crippen LogP contribution is -2.17. The van der Waals surface area contributed by atoms with Crippen molar-refractivity contribution in [3.05, 3.63) is 57.0 Å². The Labute approximate surface area is 205 Å². The Morgan fingerprint density at radius 3 is 2.61 bits per heavy atom. The summed E-state index contributed by atoms with van der Waals surface area (Å²) in [7, 11) is 1.83. The lowest BCUT2D eigenvalue weighted by atomic mass is 10.2. The monoisotopic (exact) mass is 547 g/mol. The van der Waals surface area contributed by atoms with E-state index in [1.807, 2.05) is 50.4 Å². The molecule has 1 N–H and O–H groups in total. The van der Waals surface area contributed by atoms with Crippen LogP contribution < -0.4 is 14.8 Å². The molecule has 0 amide bonds. The van der Waals surface area contributed by atoms with E-state index >= 15 is 0 Å². The maximum Gasteiger partial charge on any atom is 0.209 e. The molecule has 0 unspecified atom stereocenters. The van der Waals surface area contributed by atoms with Crippen LogP contribution in [-0.2, 0) is 20.2 Å². The highest BCUT2D eigenvalue weighted by molar-refractivity contribution is 9.10. The third-order valence-electron chi connectivity index (χ3n) is 4.09. The molecule has 0 bridgehead atoms. The van der Waals surface area contributed by atoms with Gasteiger partial charge in [-0.1, -0.05) is 35.5 Å². The second-order valence-electron chi connectivity index (χ2n) is 6.36. The summed E-state index contributed by atoms with van der Waals surface area (Å²) in [6.45, 7) is 4.49. The van der Waals surface area contributed by atoms with Crippen LogP contribution in [0.15, 0.2) is 46.0 Å². The molecule has 0 radical (unpaired) electrons. The summed E-state index contributed by atoms with van der Waals surface area (Å²) >= 11 is 11.2. The summed E-state index contributed by atoms with van der Waals surface area (Å²) in [6, 6.07) is 11.7. The van der Waals surface area contributed by atoms with Gasteiger partial charge in [-0.2, -0.15) is 0 Å². The van der Waals surface area contributed by atoms with Crippen LogP contribution >= 0.6 is 51.7 Å². The Bertz CT molecular complexity index is 959. The van der Waals surface area contributed by atoms with Gasteiger partial charge in [-0.25, -0.2) is 4.68 Å². The molecule has 2 aromatic carbocycles. The number of tetrazole rings is 1. The summed E-state index contributed by atoms with van der Waals surface area (Å²) in [5, 5.41) is 16.4. The number of benzene rings is 2. The first-order valence-corrected chi connectivity index (χ1v) is 11.6. The van der Waals surface area contributed by atoms with E-state index in [-0.39, 0.29) is 12.4 Å². The molecule has 0 aliphatic rings. The zero-order chi connectivity index (χ0) is 21.3. The maximum atomic E-state index is 6.04. The molecule has 0 aliphatic heterocycles. The topological polar surface area (TPSA) is 74.1 Å². The van der Waals surface area contributed by atoms with Gasteiger partial charge in [0.05, 0.1) is 11.1 Å². The molecule has 168 valence electrons. The maximum absolute atomic E-state index is 6.04. The normalized spacial score (nSPS) is 10.6. The van der Waals surface area contributed by atoms with Crippen LogP contribution in [0.1, 0.15) is 18.1 Å². The molecule has 3 rings (SSSR count). The van der Waals surface area contributed by atoms with Crippen molar-refractivity contribution in [1.29, 1.82) is 0 Å². The van der Waals surface area contributed by atoms with Gasteiger partial charge in [0.1, 0.15) is 6.61 Å². The molecule has 0 aliphatic carbocycles. The largest absolute Gasteiger partial charge is 0.490 e. The van der Waals surface area contributed by atoms with Crippen LogP contribution in [0.3, 0.4) is 0 Å². The minimum Gasteiger partial charge on any atom is -0.490 e. The van der Waals surface area contributed by atoms with Gasteiger partial charge in [0.15, 0.2) is 11.5 Å². The fourth-order valence-electron chi connectivity index (χ4n) is 2.65. The van der Waals surface area contributed by atoms with Crippen molar-refractivity contribution in [2.24, 2.45) is 7.05 Å². The second kappa shape index (κ2) is 13.1. The van der Waals surface area contributed by atoms with E-state index in [0.717, 1.165) is 38.8 Å². The molecule has 0 saturated heterocycles. The SMILES string of the molecule is CCOc1cc(CNCCSc2nnnn2C)cc(Br)c1OCc1ccc(Cl)cc1.Cl. The average molecular weight is 549 g/mol. The first-order valence-electron chi connectivity index (χ1n) is 9.45. The van der Waals surface area contributed by atoms with E-state index in [1.54, 1.807) is 16.4 Å². The Balaban J connectivity index is 0.00000341. The number of nitrogens with zero attached hydrogens (tertiary/aromatic N) is 4. The lowest BCUT2D eigenvalue weighted by molar-refractivity contribution is 0.267. The summed E-state index contributed by atoms with van der Waals surface area (Å²) in [6.07, 6.45) is 0. The smallest absolute Gasteiger partial charge is 0.209 e. The zero-order valence-electron chi connectivity index (χ0n) is 17.2. The van der Waals surface area contributed by atoms with Crippen molar-refractivity contribution < 1.29 is 9.47 Å². The molecular weight excluding hydrogens is 525 g/mol. The summed E-state index contributed by atoms with van der Waals surface area (Å²) in [5.41, 5.74) is 2.14. The molecule has 3 aromatic rings. The molecule has 0 fully saturated rings. The Kier molecular flexibility index (Phi) is 10.9. The third kappa shape index (κ3) is 7.84. The predicted molar refractivity (Wildman–Crippen MR) is 130 cm³/mol. The van der Waals surface area contributed by atoms with Gasteiger partial charge in [-0.05, 0) is 68.7 Å². The van der Waals surface area contributed by atoms with E-state index in [1.165, 1.54) is 0 Å². The Morgan fingerprint density at radius 1 is 1.16 bits per heavy atom. The van der Waals surface area contributed by atoms with Crippen LogP contribution in [0, 0.1) is 0 Å². The van der Waals surface area contributed by atoms with E-state index in [4.69, 9.17) is 21.1 Å². The van der Waals surface area contributed by atoms with E-state index in [0.29, 0.717) is 30.5 Å². The number of aromatic nitrogens is 4. The van der Waals surface area contributed by atoms with Crippen molar-refractivity contribution in [3.63, 3.8) is 0 Å². The predicted octanol–water partition coefficient (Wildman–Crippen LogP) is 4.91. The minimum atomic E-state index is 0. The van der Waals surface area contributed by atoms with Gasteiger partial charge in [0.25, 0.3) is 0 Å². The number of ether oxygens (including phenoxy) is 2. The molecule has 31 heavy (non-hydrogen) atoms. The van der Waals surface area contributed by atoms with Crippen LogP contribution in [0.2, 0.25) is 5.02 Å². The van der Waals surface area contributed by atoms with Crippen molar-refractivity contribution in [2.45, 2.75) is 25.2 Å². The average Bonchev–Trinajstić information content (AvgIpc) is 3.13. The van der Waals surface area contributed by atoms with Gasteiger partial charge < -0.3 is 14.8 Å². The van der Waals surface area contributed by atoms with Crippen molar-refractivity contribution in [1.82, 2.24) is 25.5 Å². The highest BCUT2D eigenvalue weighted by Crippen LogP contribution is 2.37. The first kappa shape index (κ1) is 25.7. The van der Waals surface area contributed by atoms with E-state index in [9.17, 15) is 0 Å². The van der Waals surface area contributed by atoms with Crippen LogP contribution in [0.4, 0.5) is 0 Å². The lowest BCUT2D eigenvalue weighted by Gasteiger charge is -2.16. The quantitative estimate of drug-likeness (QED) is 0.269.